The predicted octanol–water partition coefficient (Wildman–Crippen LogP) is 4.07. The summed E-state index contributed by atoms with van der Waals surface area (Å²) in [4.78, 5) is 20.9. The summed E-state index contributed by atoms with van der Waals surface area (Å²) in [6.45, 7) is 2.72. The fraction of sp³-hybridized carbons (Fsp3) is 0.182. The fourth-order valence-corrected chi connectivity index (χ4v) is 3.32. The third kappa shape index (κ3) is 4.18. The quantitative estimate of drug-likeness (QED) is 0.725. The molecule has 0 bridgehead atoms. The van der Waals surface area contributed by atoms with Gasteiger partial charge in [-0.3, -0.25) is 4.79 Å². The minimum atomic E-state index is -0.693. The van der Waals surface area contributed by atoms with Gasteiger partial charge in [-0.25, -0.2) is 13.8 Å². The molecule has 1 aliphatic rings. The van der Waals surface area contributed by atoms with Crippen molar-refractivity contribution >= 4 is 23.0 Å². The highest BCUT2D eigenvalue weighted by molar-refractivity contribution is 5.92. The van der Waals surface area contributed by atoms with Gasteiger partial charge in [0.15, 0.2) is 0 Å². The van der Waals surface area contributed by atoms with E-state index in [1.54, 1.807) is 17.0 Å². The average molecular weight is 394 g/mol. The third-order valence-corrected chi connectivity index (χ3v) is 4.90. The van der Waals surface area contributed by atoms with Crippen molar-refractivity contribution < 1.29 is 13.6 Å². The van der Waals surface area contributed by atoms with E-state index < -0.39 is 11.6 Å². The number of nitrogens with one attached hydrogen (secondary N) is 1. The zero-order valence-corrected chi connectivity index (χ0v) is 15.7. The first kappa shape index (κ1) is 18.9. The molecule has 1 aromatic heterocycles. The number of nitrogens with zero attached hydrogens (tertiary/aromatic N) is 3. The van der Waals surface area contributed by atoms with Crippen molar-refractivity contribution in [3.8, 4) is 0 Å². The van der Waals surface area contributed by atoms with Crippen LogP contribution < -0.4 is 10.2 Å². The van der Waals surface area contributed by atoms with Crippen molar-refractivity contribution in [2.24, 2.45) is 0 Å². The molecule has 148 valence electrons. The molecule has 4 rings (SSSR count). The number of anilines is 3. The third-order valence-electron chi connectivity index (χ3n) is 4.90. The van der Waals surface area contributed by atoms with Crippen molar-refractivity contribution in [1.82, 2.24) is 9.88 Å². The normalized spacial score (nSPS) is 14.0. The monoisotopic (exact) mass is 394 g/mol. The number of halogens is 2. The van der Waals surface area contributed by atoms with Crippen LogP contribution >= 0.6 is 0 Å². The van der Waals surface area contributed by atoms with E-state index in [0.29, 0.717) is 24.5 Å². The Morgan fingerprint density at radius 3 is 2.17 bits per heavy atom. The second kappa shape index (κ2) is 8.26. The minimum Gasteiger partial charge on any atom is -0.368 e. The maximum absolute atomic E-state index is 13.8. The lowest BCUT2D eigenvalue weighted by molar-refractivity contribution is 0.0741. The highest BCUT2D eigenvalue weighted by Gasteiger charge is 2.23. The fourth-order valence-electron chi connectivity index (χ4n) is 3.32. The Hall–Kier alpha value is -3.48. The van der Waals surface area contributed by atoms with E-state index in [1.807, 2.05) is 18.2 Å². The molecule has 2 aromatic carbocycles. The van der Waals surface area contributed by atoms with Crippen LogP contribution in [0.2, 0.25) is 0 Å². The topological polar surface area (TPSA) is 48.5 Å². The molecule has 0 radical (unpaired) electrons. The van der Waals surface area contributed by atoms with Gasteiger partial charge in [-0.15, -0.1) is 0 Å². The summed E-state index contributed by atoms with van der Waals surface area (Å²) in [5, 5.41) is 2.67. The van der Waals surface area contributed by atoms with Crippen LogP contribution in [-0.2, 0) is 0 Å². The Kier molecular flexibility index (Phi) is 5.37. The number of aromatic nitrogens is 1. The molecule has 1 fully saturated rings. The standard InChI is InChI=1S/C22H20F2N4O/c23-18-7-4-8-19(24)21(18)26-16-9-10-20(25-15-16)22(29)28-13-11-27(12-14-28)17-5-2-1-3-6-17/h1-10,15,26H,11-14H2. The molecular formula is C22H20F2N4O. The molecule has 1 N–H and O–H groups in total. The van der Waals surface area contributed by atoms with Crippen LogP contribution in [0.3, 0.4) is 0 Å². The zero-order chi connectivity index (χ0) is 20.2. The van der Waals surface area contributed by atoms with Crippen LogP contribution in [0.1, 0.15) is 10.5 Å². The first-order valence-corrected chi connectivity index (χ1v) is 9.38. The molecule has 1 aliphatic heterocycles. The molecule has 0 spiro atoms. The number of carbonyl (C=O) groups is 1. The molecule has 2 heterocycles. The average Bonchev–Trinajstić information content (AvgIpc) is 2.77. The number of hydrogen-bond acceptors (Lipinski definition) is 4. The Labute approximate surface area is 167 Å². The summed E-state index contributed by atoms with van der Waals surface area (Å²) >= 11 is 0. The number of piperazine rings is 1. The lowest BCUT2D eigenvalue weighted by Gasteiger charge is -2.36. The van der Waals surface area contributed by atoms with Crippen LogP contribution in [0.4, 0.5) is 25.8 Å². The van der Waals surface area contributed by atoms with Crippen LogP contribution in [-0.4, -0.2) is 42.0 Å². The highest BCUT2D eigenvalue weighted by Crippen LogP contribution is 2.23. The molecule has 1 amide bonds. The molecule has 0 atom stereocenters. The van der Waals surface area contributed by atoms with E-state index in [1.165, 1.54) is 24.4 Å². The number of hydrogen-bond donors (Lipinski definition) is 1. The number of pyridine rings is 1. The number of carbonyl (C=O) groups excluding carboxylic acids is 1. The highest BCUT2D eigenvalue weighted by atomic mass is 19.1. The second-order valence-electron chi connectivity index (χ2n) is 6.77. The van der Waals surface area contributed by atoms with Crippen molar-refractivity contribution in [3.05, 3.63) is 84.2 Å². The summed E-state index contributed by atoms with van der Waals surface area (Å²) < 4.78 is 27.5. The Bertz CT molecular complexity index is 967. The summed E-state index contributed by atoms with van der Waals surface area (Å²) in [6, 6.07) is 16.9. The van der Waals surface area contributed by atoms with Gasteiger partial charge in [0.25, 0.3) is 5.91 Å². The van der Waals surface area contributed by atoms with Crippen LogP contribution in [0, 0.1) is 11.6 Å². The van der Waals surface area contributed by atoms with E-state index in [-0.39, 0.29) is 11.6 Å². The zero-order valence-electron chi connectivity index (χ0n) is 15.7. The van der Waals surface area contributed by atoms with Crippen LogP contribution in [0.5, 0.6) is 0 Å². The van der Waals surface area contributed by atoms with E-state index >= 15 is 0 Å². The first-order valence-electron chi connectivity index (χ1n) is 9.38. The lowest BCUT2D eigenvalue weighted by atomic mass is 10.2. The Balaban J connectivity index is 1.39. The van der Waals surface area contributed by atoms with E-state index in [9.17, 15) is 13.6 Å². The summed E-state index contributed by atoms with van der Waals surface area (Å²) in [7, 11) is 0. The van der Waals surface area contributed by atoms with Gasteiger partial charge in [0.1, 0.15) is 23.0 Å². The van der Waals surface area contributed by atoms with E-state index in [0.717, 1.165) is 18.8 Å². The van der Waals surface area contributed by atoms with Crippen LogP contribution in [0.25, 0.3) is 0 Å². The SMILES string of the molecule is O=C(c1ccc(Nc2c(F)cccc2F)cn1)N1CCN(c2ccccc2)CC1. The number of benzene rings is 2. The molecule has 1 saturated heterocycles. The number of amides is 1. The summed E-state index contributed by atoms with van der Waals surface area (Å²) in [5.74, 6) is -1.54. The Morgan fingerprint density at radius 1 is 0.862 bits per heavy atom. The van der Waals surface area contributed by atoms with Crippen molar-refractivity contribution in [1.29, 1.82) is 0 Å². The maximum atomic E-state index is 13.8. The molecule has 0 unspecified atom stereocenters. The molecule has 0 aliphatic carbocycles. The Morgan fingerprint density at radius 2 is 1.55 bits per heavy atom. The van der Waals surface area contributed by atoms with Gasteiger partial charge >= 0.3 is 0 Å². The largest absolute Gasteiger partial charge is 0.368 e. The molecule has 3 aromatic rings. The van der Waals surface area contributed by atoms with E-state index in [2.05, 4.69) is 27.3 Å². The van der Waals surface area contributed by atoms with Gasteiger partial charge in [-0.05, 0) is 36.4 Å². The molecule has 5 nitrogen and oxygen atoms in total. The lowest BCUT2D eigenvalue weighted by Crippen LogP contribution is -2.49. The van der Waals surface area contributed by atoms with Crippen molar-refractivity contribution in [2.75, 3.05) is 36.4 Å². The molecular weight excluding hydrogens is 374 g/mol. The number of para-hydroxylation sites is 2. The first-order chi connectivity index (χ1) is 14.1. The summed E-state index contributed by atoms with van der Waals surface area (Å²) in [5.41, 5.74) is 1.61. The van der Waals surface area contributed by atoms with Gasteiger partial charge in [0.05, 0.1) is 11.9 Å². The van der Waals surface area contributed by atoms with Crippen molar-refractivity contribution in [2.45, 2.75) is 0 Å². The minimum absolute atomic E-state index is 0.152. The van der Waals surface area contributed by atoms with Gasteiger partial charge < -0.3 is 15.1 Å². The second-order valence-corrected chi connectivity index (χ2v) is 6.77. The van der Waals surface area contributed by atoms with Gasteiger partial charge in [0, 0.05) is 31.9 Å². The van der Waals surface area contributed by atoms with Crippen molar-refractivity contribution in [3.63, 3.8) is 0 Å². The summed E-state index contributed by atoms with van der Waals surface area (Å²) in [6.07, 6.45) is 1.40. The van der Waals surface area contributed by atoms with Gasteiger partial charge in [-0.1, -0.05) is 24.3 Å². The molecule has 7 heteroatoms. The smallest absolute Gasteiger partial charge is 0.272 e. The van der Waals surface area contributed by atoms with Gasteiger partial charge in [0.2, 0.25) is 0 Å². The maximum Gasteiger partial charge on any atom is 0.272 e. The molecule has 0 saturated carbocycles. The number of rotatable bonds is 4. The predicted molar refractivity (Wildman–Crippen MR) is 108 cm³/mol. The van der Waals surface area contributed by atoms with E-state index in [4.69, 9.17) is 0 Å². The van der Waals surface area contributed by atoms with Gasteiger partial charge in [-0.2, -0.15) is 0 Å². The van der Waals surface area contributed by atoms with Crippen LogP contribution in [0.15, 0.2) is 66.9 Å². The molecule has 29 heavy (non-hydrogen) atoms.